The highest BCUT2D eigenvalue weighted by molar-refractivity contribution is 7.15. The average Bonchev–Trinajstić information content (AvgIpc) is 3.52. The highest BCUT2D eigenvalue weighted by Gasteiger charge is 2.23. The number of piperazine rings is 1. The molecule has 3 heterocycles. The van der Waals surface area contributed by atoms with E-state index in [1.807, 2.05) is 47.4 Å². The lowest BCUT2D eigenvalue weighted by Crippen LogP contribution is -2.48. The van der Waals surface area contributed by atoms with Gasteiger partial charge in [0, 0.05) is 53.1 Å². The Morgan fingerprint density at radius 3 is 2.62 bits per heavy atom. The lowest BCUT2D eigenvalue weighted by Gasteiger charge is -2.34. The first-order valence-corrected chi connectivity index (χ1v) is 11.5. The van der Waals surface area contributed by atoms with Crippen molar-refractivity contribution in [2.24, 2.45) is 0 Å². The summed E-state index contributed by atoms with van der Waals surface area (Å²) in [4.78, 5) is 19.9. The van der Waals surface area contributed by atoms with Gasteiger partial charge in [-0.2, -0.15) is 0 Å². The molecule has 0 bridgehead atoms. The van der Waals surface area contributed by atoms with Crippen LogP contribution in [0.4, 0.5) is 0 Å². The van der Waals surface area contributed by atoms with Crippen molar-refractivity contribution < 1.29 is 4.79 Å². The van der Waals surface area contributed by atoms with Gasteiger partial charge in [0.15, 0.2) is 0 Å². The lowest BCUT2D eigenvalue weighted by atomic mass is 10.1. The molecule has 7 nitrogen and oxygen atoms in total. The summed E-state index contributed by atoms with van der Waals surface area (Å²) in [5.74, 6) is 0.0407. The molecule has 1 aliphatic heterocycles. The summed E-state index contributed by atoms with van der Waals surface area (Å²) in [6, 6.07) is 19.7. The van der Waals surface area contributed by atoms with Gasteiger partial charge in [0.25, 0.3) is 5.91 Å². The second kappa shape index (κ2) is 9.20. The van der Waals surface area contributed by atoms with Crippen LogP contribution in [0.5, 0.6) is 0 Å². The summed E-state index contributed by atoms with van der Waals surface area (Å²) >= 11 is 7.92. The summed E-state index contributed by atoms with van der Waals surface area (Å²) < 4.78 is 1.55. The fraction of sp³-hybridized carbons (Fsp3) is 0.217. The predicted molar refractivity (Wildman–Crippen MR) is 125 cm³/mol. The number of carbonyl (C=O) groups excluding carboxylic acids is 1. The van der Waals surface area contributed by atoms with Crippen molar-refractivity contribution in [1.82, 2.24) is 30.0 Å². The number of aromatic nitrogens is 4. The van der Waals surface area contributed by atoms with Crippen molar-refractivity contribution >= 4 is 28.8 Å². The third kappa shape index (κ3) is 4.57. The highest BCUT2D eigenvalue weighted by atomic mass is 35.5. The minimum Gasteiger partial charge on any atom is -0.336 e. The van der Waals surface area contributed by atoms with Gasteiger partial charge in [-0.3, -0.25) is 9.69 Å². The number of amides is 1. The topological polar surface area (TPSA) is 67.2 Å². The fourth-order valence-electron chi connectivity index (χ4n) is 3.83. The van der Waals surface area contributed by atoms with E-state index in [-0.39, 0.29) is 5.91 Å². The number of halogens is 1. The van der Waals surface area contributed by atoms with E-state index in [4.69, 9.17) is 11.6 Å². The molecule has 9 heteroatoms. The summed E-state index contributed by atoms with van der Waals surface area (Å²) in [7, 11) is 0. The Kier molecular flexibility index (Phi) is 5.98. The number of carbonyl (C=O) groups is 1. The van der Waals surface area contributed by atoms with E-state index < -0.39 is 0 Å². The molecule has 0 unspecified atom stereocenters. The second-order valence-electron chi connectivity index (χ2n) is 7.65. The Hall–Kier alpha value is -3.07. The maximum Gasteiger partial charge on any atom is 0.254 e. The van der Waals surface area contributed by atoms with Gasteiger partial charge in [0.2, 0.25) is 0 Å². The van der Waals surface area contributed by atoms with Crippen LogP contribution in [-0.4, -0.2) is 62.1 Å². The molecule has 1 aliphatic rings. The molecule has 1 amide bonds. The SMILES string of the molecule is O=C(c1cccc(-n2cnnn2)c1)N1CCN(Cc2ccc(-c3cccc(Cl)c3)s2)CC1. The number of nitrogens with zero attached hydrogens (tertiary/aromatic N) is 6. The van der Waals surface area contributed by atoms with E-state index >= 15 is 0 Å². The first-order chi connectivity index (χ1) is 15.7. The highest BCUT2D eigenvalue weighted by Crippen LogP contribution is 2.30. The standard InChI is InChI=1S/C23H21ClN6OS/c24-19-5-1-3-17(13-19)22-8-7-21(32-22)15-28-9-11-29(12-10-28)23(31)18-4-2-6-20(14-18)30-16-25-26-27-30/h1-8,13-14,16H,9-12,15H2. The van der Waals surface area contributed by atoms with Gasteiger partial charge in [-0.25, -0.2) is 4.68 Å². The van der Waals surface area contributed by atoms with Gasteiger partial charge in [-0.15, -0.1) is 16.4 Å². The smallest absolute Gasteiger partial charge is 0.254 e. The number of thiophene rings is 1. The van der Waals surface area contributed by atoms with Crippen LogP contribution in [-0.2, 0) is 6.54 Å². The Balaban J connectivity index is 1.19. The first kappa shape index (κ1) is 20.8. The van der Waals surface area contributed by atoms with E-state index in [0.717, 1.165) is 35.9 Å². The van der Waals surface area contributed by atoms with Crippen molar-refractivity contribution in [3.63, 3.8) is 0 Å². The zero-order valence-corrected chi connectivity index (χ0v) is 18.8. The molecule has 5 rings (SSSR count). The van der Waals surface area contributed by atoms with E-state index in [1.54, 1.807) is 16.0 Å². The van der Waals surface area contributed by atoms with Crippen molar-refractivity contribution in [1.29, 1.82) is 0 Å². The van der Waals surface area contributed by atoms with Gasteiger partial charge in [-0.05, 0) is 58.5 Å². The van der Waals surface area contributed by atoms with Crippen molar-refractivity contribution in [2.45, 2.75) is 6.54 Å². The maximum absolute atomic E-state index is 13.0. The number of hydrogen-bond donors (Lipinski definition) is 0. The van der Waals surface area contributed by atoms with Crippen LogP contribution in [0.25, 0.3) is 16.1 Å². The molecule has 32 heavy (non-hydrogen) atoms. The first-order valence-electron chi connectivity index (χ1n) is 10.4. The molecule has 2 aromatic carbocycles. The van der Waals surface area contributed by atoms with Gasteiger partial charge in [0.05, 0.1) is 5.69 Å². The summed E-state index contributed by atoms with van der Waals surface area (Å²) in [5.41, 5.74) is 2.57. The van der Waals surface area contributed by atoms with E-state index in [1.165, 1.54) is 16.1 Å². The van der Waals surface area contributed by atoms with Gasteiger partial charge < -0.3 is 4.90 Å². The van der Waals surface area contributed by atoms with Crippen LogP contribution in [0.1, 0.15) is 15.2 Å². The van der Waals surface area contributed by atoms with Gasteiger partial charge >= 0.3 is 0 Å². The van der Waals surface area contributed by atoms with E-state index in [9.17, 15) is 4.79 Å². The van der Waals surface area contributed by atoms with Gasteiger partial charge in [0.1, 0.15) is 6.33 Å². The quantitative estimate of drug-likeness (QED) is 0.446. The summed E-state index contributed by atoms with van der Waals surface area (Å²) in [6.45, 7) is 4.01. The van der Waals surface area contributed by atoms with Crippen molar-refractivity contribution in [3.05, 3.63) is 82.5 Å². The van der Waals surface area contributed by atoms with E-state index in [0.29, 0.717) is 18.7 Å². The molecule has 0 radical (unpaired) electrons. The Labute approximate surface area is 194 Å². The number of hydrogen-bond acceptors (Lipinski definition) is 6. The summed E-state index contributed by atoms with van der Waals surface area (Å²) in [6.07, 6.45) is 1.52. The third-order valence-electron chi connectivity index (χ3n) is 5.52. The minimum atomic E-state index is 0.0407. The molecule has 162 valence electrons. The Bertz CT molecular complexity index is 1220. The average molecular weight is 465 g/mol. The molecule has 1 saturated heterocycles. The molecule has 2 aromatic heterocycles. The Morgan fingerprint density at radius 2 is 1.84 bits per heavy atom. The zero-order chi connectivity index (χ0) is 21.9. The largest absolute Gasteiger partial charge is 0.336 e. The van der Waals surface area contributed by atoms with E-state index in [2.05, 4.69) is 38.6 Å². The maximum atomic E-state index is 13.0. The number of benzene rings is 2. The van der Waals surface area contributed by atoms with Crippen LogP contribution in [0, 0.1) is 0 Å². The van der Waals surface area contributed by atoms with Crippen LogP contribution >= 0.6 is 22.9 Å². The van der Waals surface area contributed by atoms with Crippen molar-refractivity contribution in [2.75, 3.05) is 26.2 Å². The molecular weight excluding hydrogens is 444 g/mol. The van der Waals surface area contributed by atoms with Gasteiger partial charge in [-0.1, -0.05) is 29.8 Å². The lowest BCUT2D eigenvalue weighted by molar-refractivity contribution is 0.0629. The minimum absolute atomic E-state index is 0.0407. The van der Waals surface area contributed by atoms with Crippen LogP contribution < -0.4 is 0 Å². The molecule has 0 aliphatic carbocycles. The number of rotatable bonds is 5. The molecule has 0 atom stereocenters. The molecule has 0 N–H and O–H groups in total. The second-order valence-corrected chi connectivity index (χ2v) is 9.25. The Morgan fingerprint density at radius 1 is 1.00 bits per heavy atom. The monoisotopic (exact) mass is 464 g/mol. The number of tetrazole rings is 1. The van der Waals surface area contributed by atoms with Crippen LogP contribution in [0.2, 0.25) is 5.02 Å². The van der Waals surface area contributed by atoms with Crippen molar-refractivity contribution in [3.8, 4) is 16.1 Å². The van der Waals surface area contributed by atoms with Crippen LogP contribution in [0.3, 0.4) is 0 Å². The molecular formula is C23H21ClN6OS. The fourth-order valence-corrected chi connectivity index (χ4v) is 5.07. The molecule has 4 aromatic rings. The van der Waals surface area contributed by atoms with Crippen LogP contribution in [0.15, 0.2) is 67.0 Å². The zero-order valence-electron chi connectivity index (χ0n) is 17.3. The molecule has 0 saturated carbocycles. The predicted octanol–water partition coefficient (Wildman–Crippen LogP) is 4.00. The molecule has 1 fully saturated rings. The molecule has 0 spiro atoms. The third-order valence-corrected chi connectivity index (χ3v) is 6.87. The summed E-state index contributed by atoms with van der Waals surface area (Å²) in [5, 5.41) is 12.0. The normalized spacial score (nSPS) is 14.6.